The van der Waals surface area contributed by atoms with Crippen molar-refractivity contribution in [3.05, 3.63) is 28.3 Å². The predicted octanol–water partition coefficient (Wildman–Crippen LogP) is 3.50. The van der Waals surface area contributed by atoms with Gasteiger partial charge in [0.15, 0.2) is 0 Å². The Morgan fingerprint density at radius 1 is 1.38 bits per heavy atom. The van der Waals surface area contributed by atoms with Crippen LogP contribution in [0, 0.1) is 6.92 Å². The van der Waals surface area contributed by atoms with E-state index in [4.69, 9.17) is 22.1 Å². The van der Waals surface area contributed by atoms with Crippen LogP contribution < -0.4 is 10.5 Å². The lowest BCUT2D eigenvalue weighted by Gasteiger charge is -2.15. The molecule has 16 heavy (non-hydrogen) atoms. The van der Waals surface area contributed by atoms with E-state index in [1.54, 1.807) is 0 Å². The maximum absolute atomic E-state index is 6.12. The van der Waals surface area contributed by atoms with Crippen molar-refractivity contribution in [3.63, 3.8) is 0 Å². The summed E-state index contributed by atoms with van der Waals surface area (Å²) >= 11 is 6.12. The van der Waals surface area contributed by atoms with E-state index in [9.17, 15) is 0 Å². The third-order valence-corrected chi connectivity index (χ3v) is 2.93. The van der Waals surface area contributed by atoms with Gasteiger partial charge in [-0.05, 0) is 49.1 Å². The van der Waals surface area contributed by atoms with Crippen LogP contribution in [0.15, 0.2) is 12.1 Å². The molecule has 0 unspecified atom stereocenters. The van der Waals surface area contributed by atoms with Crippen molar-refractivity contribution in [2.24, 2.45) is 5.73 Å². The Kier molecular flexibility index (Phi) is 5.10. The average Bonchev–Trinajstić information content (AvgIpc) is 2.23. The highest BCUT2D eigenvalue weighted by molar-refractivity contribution is 6.31. The normalized spacial score (nSPS) is 10.9. The van der Waals surface area contributed by atoms with Crippen LogP contribution in [0.1, 0.15) is 37.3 Å². The lowest BCUT2D eigenvalue weighted by molar-refractivity contribution is 0.309. The van der Waals surface area contributed by atoms with Gasteiger partial charge < -0.3 is 10.5 Å². The molecule has 3 heteroatoms. The van der Waals surface area contributed by atoms with Crippen molar-refractivity contribution < 1.29 is 4.74 Å². The van der Waals surface area contributed by atoms with Gasteiger partial charge in [-0.3, -0.25) is 0 Å². The Morgan fingerprint density at radius 2 is 2.06 bits per heavy atom. The summed E-state index contributed by atoms with van der Waals surface area (Å²) in [6.07, 6.45) is 0.874. The number of hydrogen-bond acceptors (Lipinski definition) is 2. The molecule has 0 aliphatic carbocycles. The lowest BCUT2D eigenvalue weighted by atomic mass is 10.0. The maximum Gasteiger partial charge on any atom is 0.123 e. The van der Waals surface area contributed by atoms with E-state index in [1.165, 1.54) is 0 Å². The monoisotopic (exact) mass is 241 g/mol. The van der Waals surface area contributed by atoms with E-state index in [0.717, 1.165) is 28.3 Å². The van der Waals surface area contributed by atoms with E-state index in [0.29, 0.717) is 19.1 Å². The highest BCUT2D eigenvalue weighted by Gasteiger charge is 2.10. The molecular weight excluding hydrogens is 222 g/mol. The molecule has 0 heterocycles. The largest absolute Gasteiger partial charge is 0.493 e. The van der Waals surface area contributed by atoms with Crippen LogP contribution in [0.25, 0.3) is 0 Å². The Bertz CT molecular complexity index is 350. The van der Waals surface area contributed by atoms with Gasteiger partial charge in [-0.1, -0.05) is 25.4 Å². The summed E-state index contributed by atoms with van der Waals surface area (Å²) in [7, 11) is 0. The number of benzene rings is 1. The Hall–Kier alpha value is -0.730. The second-order valence-corrected chi connectivity index (χ2v) is 4.69. The minimum absolute atomic E-state index is 0.408. The molecule has 0 radical (unpaired) electrons. The molecule has 0 aromatic heterocycles. The van der Waals surface area contributed by atoms with Crippen molar-refractivity contribution in [3.8, 4) is 5.75 Å². The predicted molar refractivity (Wildman–Crippen MR) is 69.4 cm³/mol. The van der Waals surface area contributed by atoms with Crippen molar-refractivity contribution in [1.29, 1.82) is 0 Å². The molecule has 0 fully saturated rings. The first kappa shape index (κ1) is 13.3. The number of ether oxygens (including phenoxy) is 1. The molecule has 2 nitrogen and oxygen atoms in total. The smallest absolute Gasteiger partial charge is 0.123 e. The molecule has 1 aromatic carbocycles. The third-order valence-electron chi connectivity index (χ3n) is 2.52. The van der Waals surface area contributed by atoms with Crippen LogP contribution in [0.4, 0.5) is 0 Å². The Labute approximate surface area is 103 Å². The average molecular weight is 242 g/mol. The van der Waals surface area contributed by atoms with Crippen LogP contribution in [0.5, 0.6) is 5.75 Å². The number of aryl methyl sites for hydroxylation is 1. The minimum Gasteiger partial charge on any atom is -0.493 e. The SMILES string of the molecule is Cc1cc(OCCCN)c(C(C)C)cc1Cl. The van der Waals surface area contributed by atoms with Gasteiger partial charge in [0.05, 0.1) is 6.61 Å². The van der Waals surface area contributed by atoms with Crippen molar-refractivity contribution in [2.75, 3.05) is 13.2 Å². The minimum atomic E-state index is 0.408. The highest BCUT2D eigenvalue weighted by atomic mass is 35.5. The first-order chi connectivity index (χ1) is 7.56. The summed E-state index contributed by atoms with van der Waals surface area (Å²) in [6, 6.07) is 4.01. The van der Waals surface area contributed by atoms with E-state index in [-0.39, 0.29) is 0 Å². The van der Waals surface area contributed by atoms with Crippen LogP contribution in [-0.4, -0.2) is 13.2 Å². The number of hydrogen-bond donors (Lipinski definition) is 1. The van der Waals surface area contributed by atoms with Gasteiger partial charge in [0, 0.05) is 5.02 Å². The van der Waals surface area contributed by atoms with Crippen molar-refractivity contribution >= 4 is 11.6 Å². The standard InChI is InChI=1S/C13H20ClNO/c1-9(2)11-8-12(14)10(3)7-13(11)16-6-4-5-15/h7-9H,4-6,15H2,1-3H3. The van der Waals surface area contributed by atoms with Gasteiger partial charge >= 0.3 is 0 Å². The molecule has 2 N–H and O–H groups in total. The molecule has 0 spiro atoms. The molecule has 0 atom stereocenters. The zero-order valence-electron chi connectivity index (χ0n) is 10.2. The first-order valence-electron chi connectivity index (χ1n) is 5.69. The molecule has 0 amide bonds. The fourth-order valence-electron chi connectivity index (χ4n) is 1.51. The second-order valence-electron chi connectivity index (χ2n) is 4.28. The molecule has 90 valence electrons. The van der Waals surface area contributed by atoms with Crippen molar-refractivity contribution in [2.45, 2.75) is 33.1 Å². The molecule has 0 saturated carbocycles. The summed E-state index contributed by atoms with van der Waals surface area (Å²) in [5, 5.41) is 0.801. The fourth-order valence-corrected chi connectivity index (χ4v) is 1.68. The lowest BCUT2D eigenvalue weighted by Crippen LogP contribution is -2.07. The van der Waals surface area contributed by atoms with E-state index < -0.39 is 0 Å². The summed E-state index contributed by atoms with van der Waals surface area (Å²) in [5.74, 6) is 1.34. The highest BCUT2D eigenvalue weighted by Crippen LogP contribution is 2.31. The zero-order chi connectivity index (χ0) is 12.1. The Balaban J connectivity index is 2.91. The molecule has 0 bridgehead atoms. The van der Waals surface area contributed by atoms with Crippen LogP contribution in [0.3, 0.4) is 0 Å². The van der Waals surface area contributed by atoms with Crippen LogP contribution in [-0.2, 0) is 0 Å². The number of nitrogens with two attached hydrogens (primary N) is 1. The summed E-state index contributed by atoms with van der Waals surface area (Å²) in [6.45, 7) is 7.58. The zero-order valence-corrected chi connectivity index (χ0v) is 11.0. The van der Waals surface area contributed by atoms with Crippen LogP contribution in [0.2, 0.25) is 5.02 Å². The fraction of sp³-hybridized carbons (Fsp3) is 0.538. The second kappa shape index (κ2) is 6.12. The van der Waals surface area contributed by atoms with E-state index in [1.807, 2.05) is 19.1 Å². The van der Waals surface area contributed by atoms with E-state index >= 15 is 0 Å². The maximum atomic E-state index is 6.12. The molecule has 1 rings (SSSR count). The van der Waals surface area contributed by atoms with E-state index in [2.05, 4.69) is 13.8 Å². The third kappa shape index (κ3) is 3.39. The summed E-state index contributed by atoms with van der Waals surface area (Å²) in [5.41, 5.74) is 7.65. The molecule has 0 aliphatic heterocycles. The van der Waals surface area contributed by atoms with Gasteiger partial charge in [0.1, 0.15) is 5.75 Å². The van der Waals surface area contributed by atoms with Gasteiger partial charge in [-0.2, -0.15) is 0 Å². The van der Waals surface area contributed by atoms with Crippen molar-refractivity contribution in [1.82, 2.24) is 0 Å². The van der Waals surface area contributed by atoms with Gasteiger partial charge in [0.25, 0.3) is 0 Å². The quantitative estimate of drug-likeness (QED) is 0.801. The molecule has 1 aromatic rings. The molecule has 0 saturated heterocycles. The van der Waals surface area contributed by atoms with Gasteiger partial charge in [0.2, 0.25) is 0 Å². The molecule has 0 aliphatic rings. The summed E-state index contributed by atoms with van der Waals surface area (Å²) < 4.78 is 5.74. The number of rotatable bonds is 5. The van der Waals surface area contributed by atoms with Gasteiger partial charge in [-0.15, -0.1) is 0 Å². The number of halogens is 1. The summed E-state index contributed by atoms with van der Waals surface area (Å²) in [4.78, 5) is 0. The molecular formula is C13H20ClNO. The first-order valence-corrected chi connectivity index (χ1v) is 6.07. The topological polar surface area (TPSA) is 35.2 Å². The van der Waals surface area contributed by atoms with Gasteiger partial charge in [-0.25, -0.2) is 0 Å². The Morgan fingerprint density at radius 3 is 2.62 bits per heavy atom. The van der Waals surface area contributed by atoms with Crippen LogP contribution >= 0.6 is 11.6 Å².